The van der Waals surface area contributed by atoms with E-state index in [0.29, 0.717) is 10.7 Å². The molecule has 0 aromatic carbocycles. The maximum Gasteiger partial charge on any atom is 0.340 e. The molecule has 0 radical (unpaired) electrons. The van der Waals surface area contributed by atoms with Gasteiger partial charge in [-0.25, -0.2) is 4.79 Å². The third-order valence-electron chi connectivity index (χ3n) is 3.40. The molecule has 0 atom stereocenters. The number of thiophene rings is 1. The van der Waals surface area contributed by atoms with Gasteiger partial charge < -0.3 is 15.0 Å². The number of rotatable bonds is 3. The number of methoxy groups -OCH3 is 1. The van der Waals surface area contributed by atoms with Crippen LogP contribution in [0, 0.1) is 0 Å². The Morgan fingerprint density at radius 2 is 2.15 bits per heavy atom. The van der Waals surface area contributed by atoms with Gasteiger partial charge in [0.1, 0.15) is 5.00 Å². The highest BCUT2D eigenvalue weighted by molar-refractivity contribution is 7.80. The van der Waals surface area contributed by atoms with E-state index in [9.17, 15) is 4.79 Å². The molecular weight excluding hydrogens is 292 g/mol. The number of hydrogen-bond donors (Lipinski definition) is 1. The molecule has 6 heteroatoms. The number of esters is 1. The second kappa shape index (κ2) is 7.04. The van der Waals surface area contributed by atoms with E-state index < -0.39 is 0 Å². The van der Waals surface area contributed by atoms with Crippen molar-refractivity contribution in [1.29, 1.82) is 0 Å². The molecule has 20 heavy (non-hydrogen) atoms. The number of nitrogens with zero attached hydrogens (tertiary/aromatic N) is 1. The largest absolute Gasteiger partial charge is 0.465 e. The molecule has 0 aliphatic carbocycles. The molecule has 1 aliphatic rings. The van der Waals surface area contributed by atoms with Crippen molar-refractivity contribution >= 4 is 39.6 Å². The summed E-state index contributed by atoms with van der Waals surface area (Å²) in [4.78, 5) is 15.1. The Balaban J connectivity index is 2.12. The lowest BCUT2D eigenvalue weighted by atomic mass is 10.1. The zero-order valence-electron chi connectivity index (χ0n) is 11.9. The molecule has 0 amide bonds. The van der Waals surface area contributed by atoms with Crippen LogP contribution in [0.1, 0.15) is 41.4 Å². The van der Waals surface area contributed by atoms with Gasteiger partial charge in [0, 0.05) is 18.0 Å². The van der Waals surface area contributed by atoms with Crippen molar-refractivity contribution in [3.63, 3.8) is 0 Å². The topological polar surface area (TPSA) is 41.6 Å². The van der Waals surface area contributed by atoms with Gasteiger partial charge in [-0.15, -0.1) is 11.3 Å². The van der Waals surface area contributed by atoms with Gasteiger partial charge in [-0.1, -0.05) is 6.92 Å². The van der Waals surface area contributed by atoms with Gasteiger partial charge in [-0.3, -0.25) is 0 Å². The smallest absolute Gasteiger partial charge is 0.340 e. The number of nitrogens with one attached hydrogen (secondary N) is 1. The summed E-state index contributed by atoms with van der Waals surface area (Å²) < 4.78 is 4.83. The average Bonchev–Trinajstić information content (AvgIpc) is 2.90. The van der Waals surface area contributed by atoms with Crippen LogP contribution in [0.3, 0.4) is 0 Å². The molecule has 110 valence electrons. The van der Waals surface area contributed by atoms with Crippen molar-refractivity contribution in [2.24, 2.45) is 0 Å². The van der Waals surface area contributed by atoms with Crippen LogP contribution in [-0.4, -0.2) is 36.2 Å². The van der Waals surface area contributed by atoms with Crippen molar-refractivity contribution in [3.8, 4) is 0 Å². The van der Waals surface area contributed by atoms with E-state index in [2.05, 4.69) is 17.1 Å². The highest BCUT2D eigenvalue weighted by Gasteiger charge is 2.19. The highest BCUT2D eigenvalue weighted by atomic mass is 32.1. The molecule has 1 aromatic heterocycles. The molecular formula is C14H20N2O2S2. The van der Waals surface area contributed by atoms with Crippen LogP contribution in [0.5, 0.6) is 0 Å². The SMILES string of the molecule is CCc1cc(C(=O)OC)c(NC(=S)N2CCCCC2)s1. The monoisotopic (exact) mass is 312 g/mol. The third-order valence-corrected chi connectivity index (χ3v) is 4.96. The molecule has 0 unspecified atom stereocenters. The summed E-state index contributed by atoms with van der Waals surface area (Å²) in [6, 6.07) is 1.89. The maximum absolute atomic E-state index is 11.8. The van der Waals surface area contributed by atoms with E-state index in [0.717, 1.165) is 29.4 Å². The third kappa shape index (κ3) is 3.49. The van der Waals surface area contributed by atoms with Crippen LogP contribution in [0.4, 0.5) is 5.00 Å². The fourth-order valence-electron chi connectivity index (χ4n) is 2.24. The number of thiocarbonyl (C=S) groups is 1. The normalized spacial score (nSPS) is 15.0. The lowest BCUT2D eigenvalue weighted by molar-refractivity contribution is 0.0602. The number of likely N-dealkylation sites (tertiary alicyclic amines) is 1. The Morgan fingerprint density at radius 1 is 1.45 bits per heavy atom. The second-order valence-electron chi connectivity index (χ2n) is 4.78. The molecule has 0 spiro atoms. The summed E-state index contributed by atoms with van der Waals surface area (Å²) in [7, 11) is 1.40. The summed E-state index contributed by atoms with van der Waals surface area (Å²) in [5.41, 5.74) is 0.578. The van der Waals surface area contributed by atoms with Crippen LogP contribution < -0.4 is 5.32 Å². The standard InChI is InChI=1S/C14H20N2O2S2/c1-3-10-9-11(13(17)18-2)12(20-10)15-14(19)16-7-5-4-6-8-16/h9H,3-8H2,1-2H3,(H,15,19). The minimum atomic E-state index is -0.315. The number of hydrogen-bond acceptors (Lipinski definition) is 4. The summed E-state index contributed by atoms with van der Waals surface area (Å²) in [5.74, 6) is -0.315. The van der Waals surface area contributed by atoms with Crippen molar-refractivity contribution < 1.29 is 9.53 Å². The molecule has 2 rings (SSSR count). The summed E-state index contributed by atoms with van der Waals surface area (Å²) in [6.45, 7) is 4.05. The molecule has 1 aromatic rings. The lowest BCUT2D eigenvalue weighted by Crippen LogP contribution is -2.38. The molecule has 1 saturated heterocycles. The van der Waals surface area contributed by atoms with Crippen molar-refractivity contribution in [1.82, 2.24) is 4.90 Å². The van der Waals surface area contributed by atoms with Crippen molar-refractivity contribution in [3.05, 3.63) is 16.5 Å². The highest BCUT2D eigenvalue weighted by Crippen LogP contribution is 2.29. The number of ether oxygens (including phenoxy) is 1. The Morgan fingerprint density at radius 3 is 2.75 bits per heavy atom. The molecule has 4 nitrogen and oxygen atoms in total. The molecule has 2 heterocycles. The van der Waals surface area contributed by atoms with E-state index >= 15 is 0 Å². The van der Waals surface area contributed by atoms with Gasteiger partial charge in [-0.05, 0) is 44.0 Å². The number of aryl methyl sites for hydroxylation is 1. The predicted octanol–water partition coefficient (Wildman–Crippen LogP) is 3.28. The number of anilines is 1. The minimum absolute atomic E-state index is 0.315. The zero-order valence-corrected chi connectivity index (χ0v) is 13.5. The lowest BCUT2D eigenvalue weighted by Gasteiger charge is -2.29. The fraction of sp³-hybridized carbons (Fsp3) is 0.571. The van der Waals surface area contributed by atoms with Gasteiger partial charge in [0.15, 0.2) is 5.11 Å². The van der Waals surface area contributed by atoms with Crippen LogP contribution in [-0.2, 0) is 11.2 Å². The molecule has 0 bridgehead atoms. The van der Waals surface area contributed by atoms with Gasteiger partial charge in [0.25, 0.3) is 0 Å². The zero-order chi connectivity index (χ0) is 14.5. The first-order valence-corrected chi connectivity index (χ1v) is 8.15. The van der Waals surface area contributed by atoms with E-state index in [-0.39, 0.29) is 5.97 Å². The quantitative estimate of drug-likeness (QED) is 0.685. The number of carbonyl (C=O) groups excluding carboxylic acids is 1. The van der Waals surface area contributed by atoms with Gasteiger partial charge in [0.2, 0.25) is 0 Å². The Hall–Kier alpha value is -1.14. The van der Waals surface area contributed by atoms with E-state index in [1.54, 1.807) is 11.3 Å². The molecule has 0 saturated carbocycles. The number of carbonyl (C=O) groups is 1. The summed E-state index contributed by atoms with van der Waals surface area (Å²) in [5, 5.41) is 4.73. The van der Waals surface area contributed by atoms with E-state index in [1.807, 2.05) is 6.07 Å². The second-order valence-corrected chi connectivity index (χ2v) is 6.30. The summed E-state index contributed by atoms with van der Waals surface area (Å²) in [6.07, 6.45) is 4.52. The van der Waals surface area contributed by atoms with Gasteiger partial charge >= 0.3 is 5.97 Å². The van der Waals surface area contributed by atoms with Crippen LogP contribution in [0.2, 0.25) is 0 Å². The maximum atomic E-state index is 11.8. The predicted molar refractivity (Wildman–Crippen MR) is 86.7 cm³/mol. The van der Waals surface area contributed by atoms with Crippen molar-refractivity contribution in [2.75, 3.05) is 25.5 Å². The fourth-order valence-corrected chi connectivity index (χ4v) is 3.58. The van der Waals surface area contributed by atoms with Crippen molar-refractivity contribution in [2.45, 2.75) is 32.6 Å². The molecule has 1 fully saturated rings. The first-order valence-electron chi connectivity index (χ1n) is 6.92. The Labute approximate surface area is 129 Å². The van der Waals surface area contributed by atoms with Crippen LogP contribution >= 0.6 is 23.6 Å². The average molecular weight is 312 g/mol. The minimum Gasteiger partial charge on any atom is -0.465 e. The van der Waals surface area contributed by atoms with E-state index in [1.165, 1.54) is 26.4 Å². The number of piperidine rings is 1. The van der Waals surface area contributed by atoms with Crippen LogP contribution in [0.15, 0.2) is 6.07 Å². The molecule has 1 N–H and O–H groups in total. The van der Waals surface area contributed by atoms with E-state index in [4.69, 9.17) is 17.0 Å². The van der Waals surface area contributed by atoms with Crippen LogP contribution in [0.25, 0.3) is 0 Å². The Kier molecular flexibility index (Phi) is 5.37. The van der Waals surface area contributed by atoms with Gasteiger partial charge in [-0.2, -0.15) is 0 Å². The Bertz CT molecular complexity index is 493. The summed E-state index contributed by atoms with van der Waals surface area (Å²) >= 11 is 7.02. The first-order chi connectivity index (χ1) is 9.65. The first kappa shape index (κ1) is 15.3. The van der Waals surface area contributed by atoms with Gasteiger partial charge in [0.05, 0.1) is 12.7 Å². The molecule has 1 aliphatic heterocycles.